The van der Waals surface area contributed by atoms with Crippen molar-refractivity contribution in [2.45, 2.75) is 12.7 Å². The van der Waals surface area contributed by atoms with E-state index in [1.165, 1.54) is 22.8 Å². The van der Waals surface area contributed by atoms with E-state index in [1.807, 2.05) is 0 Å². The van der Waals surface area contributed by atoms with Gasteiger partial charge in [0, 0.05) is 16.5 Å². The fraction of sp³-hybridized carbons (Fsp3) is 0.190. The van der Waals surface area contributed by atoms with Crippen molar-refractivity contribution in [3.8, 4) is 12.3 Å². The first kappa shape index (κ1) is 19.5. The molecule has 0 radical (unpaired) electrons. The van der Waals surface area contributed by atoms with Gasteiger partial charge in [-0.25, -0.2) is 4.39 Å². The lowest BCUT2D eigenvalue weighted by molar-refractivity contribution is -0.139. The molecule has 0 atom stereocenters. The molecule has 1 amide bonds. The summed E-state index contributed by atoms with van der Waals surface area (Å²) in [6.07, 6.45) is 0.565. The van der Waals surface area contributed by atoms with Crippen LogP contribution < -0.4 is 0 Å². The van der Waals surface area contributed by atoms with Crippen LogP contribution in [0.4, 0.5) is 17.6 Å². The minimum absolute atomic E-state index is 0.00281. The molecule has 0 saturated heterocycles. The van der Waals surface area contributed by atoms with Crippen LogP contribution in [0.15, 0.2) is 54.6 Å². The number of hydrogen-bond acceptors (Lipinski definition) is 1. The predicted octanol–water partition coefficient (Wildman–Crippen LogP) is 4.47. The number of alkyl halides is 3. The normalized spacial score (nSPS) is 11.4. The summed E-state index contributed by atoms with van der Waals surface area (Å²) in [6.45, 7) is -1.95. The molecule has 28 heavy (non-hydrogen) atoms. The smallest absolute Gasteiger partial charge is 0.332 e. The van der Waals surface area contributed by atoms with Gasteiger partial charge in [0.1, 0.15) is 18.1 Å². The standard InChI is InChI=1S/C21H16F4N2O/c1-2-11-26(14-21(23,24)25)20(28)19-12-15-7-4-6-10-18(15)27(19)13-16-8-3-5-9-17(16)22/h1,3-10,12H,11,13-14H2. The van der Waals surface area contributed by atoms with Gasteiger partial charge in [-0.15, -0.1) is 6.42 Å². The number of fused-ring (bicyclic) bond motifs is 1. The van der Waals surface area contributed by atoms with Crippen LogP contribution in [0.3, 0.4) is 0 Å². The fourth-order valence-electron chi connectivity index (χ4n) is 3.04. The number of carbonyl (C=O) groups excluding carboxylic acids is 1. The molecular weight excluding hydrogens is 372 g/mol. The van der Waals surface area contributed by atoms with Gasteiger partial charge in [-0.05, 0) is 18.2 Å². The Kier molecular flexibility index (Phi) is 5.41. The second-order valence-corrected chi connectivity index (χ2v) is 6.25. The maximum Gasteiger partial charge on any atom is 0.406 e. The molecule has 0 saturated carbocycles. The molecule has 3 rings (SSSR count). The highest BCUT2D eigenvalue weighted by Gasteiger charge is 2.34. The molecule has 1 aromatic heterocycles. The second kappa shape index (κ2) is 7.77. The summed E-state index contributed by atoms with van der Waals surface area (Å²) in [5.74, 6) is 0.767. The van der Waals surface area contributed by atoms with Crippen molar-refractivity contribution in [3.63, 3.8) is 0 Å². The molecule has 2 aromatic carbocycles. The molecule has 3 aromatic rings. The van der Waals surface area contributed by atoms with E-state index in [0.29, 0.717) is 21.4 Å². The van der Waals surface area contributed by atoms with Crippen LogP contribution in [0, 0.1) is 18.2 Å². The van der Waals surface area contributed by atoms with Gasteiger partial charge in [-0.3, -0.25) is 4.79 Å². The first-order chi connectivity index (χ1) is 13.3. The number of halogens is 4. The van der Waals surface area contributed by atoms with Crippen LogP contribution in [-0.2, 0) is 6.54 Å². The van der Waals surface area contributed by atoms with Gasteiger partial charge in [0.25, 0.3) is 5.91 Å². The Morgan fingerprint density at radius 2 is 1.79 bits per heavy atom. The number of benzene rings is 2. The molecule has 0 aliphatic heterocycles. The number of carbonyl (C=O) groups is 1. The molecule has 0 unspecified atom stereocenters. The summed E-state index contributed by atoms with van der Waals surface area (Å²) in [5, 5.41) is 0.662. The van der Waals surface area contributed by atoms with Crippen molar-refractivity contribution in [1.29, 1.82) is 0 Å². The SMILES string of the molecule is C#CCN(CC(F)(F)F)C(=O)c1cc2ccccc2n1Cc1ccccc1F. The van der Waals surface area contributed by atoms with Crippen LogP contribution in [0.25, 0.3) is 10.9 Å². The van der Waals surface area contributed by atoms with Gasteiger partial charge < -0.3 is 9.47 Å². The van der Waals surface area contributed by atoms with Crippen LogP contribution >= 0.6 is 0 Å². The molecule has 1 heterocycles. The van der Waals surface area contributed by atoms with E-state index in [4.69, 9.17) is 6.42 Å². The van der Waals surface area contributed by atoms with Crippen molar-refractivity contribution in [1.82, 2.24) is 9.47 Å². The molecule has 144 valence electrons. The number of nitrogens with zero attached hydrogens (tertiary/aromatic N) is 2. The number of para-hydroxylation sites is 1. The quantitative estimate of drug-likeness (QED) is 0.468. The molecule has 0 spiro atoms. The van der Waals surface area contributed by atoms with Crippen LogP contribution in [-0.4, -0.2) is 34.6 Å². The number of aromatic nitrogens is 1. The van der Waals surface area contributed by atoms with E-state index in [2.05, 4.69) is 5.92 Å². The summed E-state index contributed by atoms with van der Waals surface area (Å²) in [4.78, 5) is 13.5. The number of rotatable bonds is 5. The average molecular weight is 388 g/mol. The summed E-state index contributed by atoms with van der Waals surface area (Å²) in [6, 6.07) is 14.5. The van der Waals surface area contributed by atoms with E-state index < -0.39 is 31.0 Å². The minimum atomic E-state index is -4.59. The third kappa shape index (κ3) is 4.17. The average Bonchev–Trinajstić information content (AvgIpc) is 3.00. The Morgan fingerprint density at radius 1 is 1.11 bits per heavy atom. The Labute approximate surface area is 159 Å². The lowest BCUT2D eigenvalue weighted by Gasteiger charge is -2.22. The molecular formula is C21H16F4N2O. The lowest BCUT2D eigenvalue weighted by Crippen LogP contribution is -2.40. The Morgan fingerprint density at radius 3 is 2.46 bits per heavy atom. The van der Waals surface area contributed by atoms with E-state index >= 15 is 0 Å². The third-order valence-corrected chi connectivity index (χ3v) is 4.26. The molecule has 3 nitrogen and oxygen atoms in total. The monoisotopic (exact) mass is 388 g/mol. The summed E-state index contributed by atoms with van der Waals surface area (Å²) >= 11 is 0. The highest BCUT2D eigenvalue weighted by molar-refractivity contribution is 5.99. The Hall–Kier alpha value is -3.27. The van der Waals surface area contributed by atoms with Gasteiger partial charge in [0.05, 0.1) is 13.1 Å². The first-order valence-electron chi connectivity index (χ1n) is 8.41. The molecule has 0 bridgehead atoms. The zero-order valence-corrected chi connectivity index (χ0v) is 14.7. The summed E-state index contributed by atoms with van der Waals surface area (Å²) in [7, 11) is 0. The highest BCUT2D eigenvalue weighted by atomic mass is 19.4. The third-order valence-electron chi connectivity index (χ3n) is 4.26. The van der Waals surface area contributed by atoms with Crippen LogP contribution in [0.1, 0.15) is 16.1 Å². The van der Waals surface area contributed by atoms with Gasteiger partial charge >= 0.3 is 6.18 Å². The molecule has 0 aliphatic carbocycles. The number of amides is 1. The van der Waals surface area contributed by atoms with Crippen molar-refractivity contribution < 1.29 is 22.4 Å². The van der Waals surface area contributed by atoms with E-state index in [1.54, 1.807) is 36.4 Å². The van der Waals surface area contributed by atoms with Crippen molar-refractivity contribution in [3.05, 3.63) is 71.7 Å². The van der Waals surface area contributed by atoms with Crippen molar-refractivity contribution >= 4 is 16.8 Å². The van der Waals surface area contributed by atoms with Gasteiger partial charge in [0.2, 0.25) is 0 Å². The zero-order chi connectivity index (χ0) is 20.3. The molecule has 0 N–H and O–H groups in total. The highest BCUT2D eigenvalue weighted by Crippen LogP contribution is 2.25. The van der Waals surface area contributed by atoms with Crippen LogP contribution in [0.5, 0.6) is 0 Å². The predicted molar refractivity (Wildman–Crippen MR) is 98.2 cm³/mol. The maximum absolute atomic E-state index is 14.1. The van der Waals surface area contributed by atoms with Gasteiger partial charge in [-0.1, -0.05) is 42.3 Å². The van der Waals surface area contributed by atoms with Crippen molar-refractivity contribution in [2.24, 2.45) is 0 Å². The Bertz CT molecular complexity index is 1050. The van der Waals surface area contributed by atoms with E-state index in [9.17, 15) is 22.4 Å². The topological polar surface area (TPSA) is 25.2 Å². The van der Waals surface area contributed by atoms with E-state index in [0.717, 1.165) is 0 Å². The van der Waals surface area contributed by atoms with Gasteiger partial charge in [0.15, 0.2) is 0 Å². The first-order valence-corrected chi connectivity index (χ1v) is 8.41. The molecule has 0 aliphatic rings. The Balaban J connectivity index is 2.08. The van der Waals surface area contributed by atoms with E-state index in [-0.39, 0.29) is 12.2 Å². The fourth-order valence-corrected chi connectivity index (χ4v) is 3.04. The largest absolute Gasteiger partial charge is 0.406 e. The lowest BCUT2D eigenvalue weighted by atomic mass is 10.2. The zero-order valence-electron chi connectivity index (χ0n) is 14.7. The second-order valence-electron chi connectivity index (χ2n) is 6.25. The number of hydrogen-bond donors (Lipinski definition) is 0. The summed E-state index contributed by atoms with van der Waals surface area (Å²) < 4.78 is 54.3. The summed E-state index contributed by atoms with van der Waals surface area (Å²) in [5.41, 5.74) is 0.947. The van der Waals surface area contributed by atoms with Gasteiger partial charge in [-0.2, -0.15) is 13.2 Å². The van der Waals surface area contributed by atoms with Crippen molar-refractivity contribution in [2.75, 3.05) is 13.1 Å². The number of terminal acetylenes is 1. The molecule has 7 heteroatoms. The maximum atomic E-state index is 14.1. The minimum Gasteiger partial charge on any atom is -0.332 e. The molecule has 0 fully saturated rings. The van der Waals surface area contributed by atoms with Crippen LogP contribution in [0.2, 0.25) is 0 Å².